The number of rotatable bonds is 3. The third-order valence-corrected chi connectivity index (χ3v) is 4.49. The van der Waals surface area contributed by atoms with Gasteiger partial charge in [-0.1, -0.05) is 0 Å². The smallest absolute Gasteiger partial charge is 0.117 e. The molecule has 0 saturated heterocycles. The Morgan fingerprint density at radius 1 is 1.20 bits per heavy atom. The summed E-state index contributed by atoms with van der Waals surface area (Å²) in [5.74, 6) is 0. The fourth-order valence-electron chi connectivity index (χ4n) is 2.03. The number of halogens is 1. The molecule has 1 N–H and O–H groups in total. The molecule has 0 aliphatic rings. The van der Waals surface area contributed by atoms with Crippen LogP contribution in [0.15, 0.2) is 40.6 Å². The van der Waals surface area contributed by atoms with Gasteiger partial charge in [0.05, 0.1) is 16.7 Å². The number of anilines is 1. The molecule has 0 radical (unpaired) electrons. The highest BCUT2D eigenvalue weighted by Crippen LogP contribution is 2.30. The van der Waals surface area contributed by atoms with Crippen LogP contribution in [0.4, 0.5) is 5.69 Å². The van der Waals surface area contributed by atoms with Crippen LogP contribution < -0.4 is 5.32 Å². The molecule has 3 rings (SSSR count). The predicted octanol–water partition coefficient (Wildman–Crippen LogP) is 4.20. The summed E-state index contributed by atoms with van der Waals surface area (Å²) < 4.78 is 0.925. The lowest BCUT2D eigenvalue weighted by Crippen LogP contribution is -2.27. The molecule has 0 saturated carbocycles. The largest absolute Gasteiger partial charge is 0.372 e. The van der Waals surface area contributed by atoms with Crippen molar-refractivity contribution in [2.24, 2.45) is 0 Å². The molecular weight excluding hydrogens is 336 g/mol. The lowest BCUT2D eigenvalue weighted by molar-refractivity contribution is 0.605. The SMILES string of the molecule is CC(C)(Nc1ccnc2cc(Br)cnc12)c1nccs1. The minimum absolute atomic E-state index is 0.253. The van der Waals surface area contributed by atoms with Gasteiger partial charge in [0.1, 0.15) is 10.5 Å². The van der Waals surface area contributed by atoms with E-state index in [1.54, 1.807) is 23.7 Å². The zero-order chi connectivity index (χ0) is 14.2. The Morgan fingerprint density at radius 3 is 2.80 bits per heavy atom. The molecule has 0 aliphatic carbocycles. The summed E-state index contributed by atoms with van der Waals surface area (Å²) in [6.45, 7) is 4.22. The molecule has 0 unspecified atom stereocenters. The number of nitrogens with zero attached hydrogens (tertiary/aromatic N) is 3. The van der Waals surface area contributed by atoms with Crippen LogP contribution in [-0.4, -0.2) is 15.0 Å². The third kappa shape index (κ3) is 2.53. The normalized spacial score (nSPS) is 11.8. The Bertz CT molecular complexity index is 740. The maximum absolute atomic E-state index is 4.46. The summed E-state index contributed by atoms with van der Waals surface area (Å²) in [6.07, 6.45) is 5.39. The average molecular weight is 349 g/mol. The van der Waals surface area contributed by atoms with Crippen molar-refractivity contribution in [1.29, 1.82) is 0 Å². The Labute approximate surface area is 129 Å². The highest BCUT2D eigenvalue weighted by Gasteiger charge is 2.24. The fraction of sp³-hybridized carbons (Fsp3) is 0.214. The van der Waals surface area contributed by atoms with E-state index in [0.717, 1.165) is 26.2 Å². The van der Waals surface area contributed by atoms with Gasteiger partial charge < -0.3 is 5.32 Å². The molecule has 0 atom stereocenters. The lowest BCUT2D eigenvalue weighted by atomic mass is 10.1. The van der Waals surface area contributed by atoms with Gasteiger partial charge in [0, 0.05) is 28.4 Å². The number of nitrogens with one attached hydrogen (secondary N) is 1. The molecule has 102 valence electrons. The summed E-state index contributed by atoms with van der Waals surface area (Å²) in [7, 11) is 0. The molecule has 20 heavy (non-hydrogen) atoms. The van der Waals surface area contributed by atoms with Crippen molar-refractivity contribution in [3.63, 3.8) is 0 Å². The van der Waals surface area contributed by atoms with Gasteiger partial charge in [0.15, 0.2) is 0 Å². The predicted molar refractivity (Wildman–Crippen MR) is 86.0 cm³/mol. The van der Waals surface area contributed by atoms with Crippen molar-refractivity contribution in [1.82, 2.24) is 15.0 Å². The average Bonchev–Trinajstić information content (AvgIpc) is 2.93. The second kappa shape index (κ2) is 5.10. The summed E-state index contributed by atoms with van der Waals surface area (Å²) in [4.78, 5) is 13.2. The maximum Gasteiger partial charge on any atom is 0.117 e. The zero-order valence-corrected chi connectivity index (χ0v) is 13.5. The molecule has 6 heteroatoms. The van der Waals surface area contributed by atoms with Gasteiger partial charge in [-0.3, -0.25) is 9.97 Å². The third-order valence-electron chi connectivity index (χ3n) is 2.96. The Kier molecular flexibility index (Phi) is 3.43. The molecule has 3 aromatic rings. The molecule has 0 aromatic carbocycles. The van der Waals surface area contributed by atoms with Crippen molar-refractivity contribution in [2.45, 2.75) is 19.4 Å². The van der Waals surface area contributed by atoms with Gasteiger partial charge in [0.25, 0.3) is 0 Å². The van der Waals surface area contributed by atoms with E-state index < -0.39 is 0 Å². The van der Waals surface area contributed by atoms with Gasteiger partial charge in [-0.15, -0.1) is 11.3 Å². The maximum atomic E-state index is 4.46. The molecule has 4 nitrogen and oxygen atoms in total. The van der Waals surface area contributed by atoms with Crippen LogP contribution in [0.3, 0.4) is 0 Å². The van der Waals surface area contributed by atoms with Crippen molar-refractivity contribution in [3.8, 4) is 0 Å². The first kappa shape index (κ1) is 13.5. The fourth-order valence-corrected chi connectivity index (χ4v) is 3.07. The van der Waals surface area contributed by atoms with Gasteiger partial charge in [-0.25, -0.2) is 4.98 Å². The topological polar surface area (TPSA) is 50.7 Å². The Hall–Kier alpha value is -1.53. The van der Waals surface area contributed by atoms with Crippen molar-refractivity contribution < 1.29 is 0 Å². The van der Waals surface area contributed by atoms with Gasteiger partial charge in [-0.05, 0) is 41.9 Å². The van der Waals surface area contributed by atoms with Crippen LogP contribution in [0, 0.1) is 0 Å². The van der Waals surface area contributed by atoms with Crippen molar-refractivity contribution in [2.75, 3.05) is 5.32 Å². The molecule has 0 fully saturated rings. The van der Waals surface area contributed by atoms with Crippen LogP contribution in [0.25, 0.3) is 11.0 Å². The van der Waals surface area contributed by atoms with E-state index in [4.69, 9.17) is 0 Å². The monoisotopic (exact) mass is 348 g/mol. The molecular formula is C14H13BrN4S. The second-order valence-electron chi connectivity index (χ2n) is 4.97. The quantitative estimate of drug-likeness (QED) is 0.770. The number of aromatic nitrogens is 3. The molecule has 0 bridgehead atoms. The van der Waals surface area contributed by atoms with Gasteiger partial charge in [0.2, 0.25) is 0 Å². The number of thiazole rings is 1. The molecule has 3 aromatic heterocycles. The van der Waals surface area contributed by atoms with Crippen LogP contribution in [-0.2, 0) is 5.54 Å². The summed E-state index contributed by atoms with van der Waals surface area (Å²) in [5, 5.41) is 6.54. The van der Waals surface area contributed by atoms with Gasteiger partial charge in [-0.2, -0.15) is 0 Å². The number of fused-ring (bicyclic) bond motifs is 1. The van der Waals surface area contributed by atoms with Crippen LogP contribution in [0.1, 0.15) is 18.9 Å². The lowest BCUT2D eigenvalue weighted by Gasteiger charge is -2.25. The highest BCUT2D eigenvalue weighted by atomic mass is 79.9. The molecule has 0 amide bonds. The van der Waals surface area contributed by atoms with Crippen molar-refractivity contribution >= 4 is 44.0 Å². The van der Waals surface area contributed by atoms with Crippen molar-refractivity contribution in [3.05, 3.63) is 45.6 Å². The van der Waals surface area contributed by atoms with Gasteiger partial charge >= 0.3 is 0 Å². The second-order valence-corrected chi connectivity index (χ2v) is 6.78. The van der Waals surface area contributed by atoms with Crippen LogP contribution in [0.2, 0.25) is 0 Å². The highest BCUT2D eigenvalue weighted by molar-refractivity contribution is 9.10. The van der Waals surface area contributed by atoms with Crippen LogP contribution in [0.5, 0.6) is 0 Å². The van der Waals surface area contributed by atoms with E-state index in [1.165, 1.54) is 0 Å². The summed E-state index contributed by atoms with van der Waals surface area (Å²) in [5.41, 5.74) is 2.43. The molecule has 3 heterocycles. The summed E-state index contributed by atoms with van der Waals surface area (Å²) in [6, 6.07) is 3.91. The minimum atomic E-state index is -0.253. The summed E-state index contributed by atoms with van der Waals surface area (Å²) >= 11 is 5.06. The van der Waals surface area contributed by atoms with E-state index in [2.05, 4.69) is 50.0 Å². The first-order valence-electron chi connectivity index (χ1n) is 6.15. The van der Waals surface area contributed by atoms with Crippen LogP contribution >= 0.6 is 27.3 Å². The Morgan fingerprint density at radius 2 is 2.05 bits per heavy atom. The van der Waals surface area contributed by atoms with E-state index in [9.17, 15) is 0 Å². The molecule has 0 aliphatic heterocycles. The minimum Gasteiger partial charge on any atom is -0.372 e. The van der Waals surface area contributed by atoms with E-state index in [-0.39, 0.29) is 5.54 Å². The number of hydrogen-bond donors (Lipinski definition) is 1. The number of hydrogen-bond acceptors (Lipinski definition) is 5. The Balaban J connectivity index is 2.03. The molecule has 0 spiro atoms. The standard InChI is InChI=1S/C14H13BrN4S/c1-14(2,13-17-5-6-20-13)19-10-3-4-16-11-7-9(15)8-18-12(10)11/h3-8H,1-2H3,(H,16,19). The first-order valence-corrected chi connectivity index (χ1v) is 7.82. The van der Waals surface area contributed by atoms with E-state index in [1.807, 2.05) is 23.7 Å². The van der Waals surface area contributed by atoms with E-state index >= 15 is 0 Å². The number of pyridine rings is 2. The zero-order valence-electron chi connectivity index (χ0n) is 11.1. The first-order chi connectivity index (χ1) is 9.56. The van der Waals surface area contributed by atoms with E-state index in [0.29, 0.717) is 0 Å².